The zero-order chi connectivity index (χ0) is 10.3. The van der Waals surface area contributed by atoms with Crippen LogP contribution < -0.4 is 0 Å². The molecule has 0 radical (unpaired) electrons. The number of rotatable bonds is 3. The first-order valence-electron chi connectivity index (χ1n) is 5.91. The highest BCUT2D eigenvalue weighted by atomic mass is 35.5. The number of aryl methyl sites for hydroxylation is 1. The average Bonchev–Trinajstić information content (AvgIpc) is 2.91. The maximum Gasteiger partial charge on any atom is 0.231 e. The van der Waals surface area contributed by atoms with Gasteiger partial charge in [-0.2, -0.15) is 4.98 Å². The molecular formula is C11H18ClN3O. The molecule has 3 heterocycles. The Morgan fingerprint density at radius 3 is 2.94 bits per heavy atom. The van der Waals surface area contributed by atoms with E-state index in [0.29, 0.717) is 5.92 Å². The third-order valence-electron chi connectivity index (χ3n) is 3.61. The van der Waals surface area contributed by atoms with Crippen LogP contribution in [0.25, 0.3) is 0 Å². The van der Waals surface area contributed by atoms with Gasteiger partial charge in [0, 0.05) is 19.5 Å². The molecule has 90 valence electrons. The predicted octanol–water partition coefficient (Wildman–Crippen LogP) is 1.86. The van der Waals surface area contributed by atoms with Gasteiger partial charge in [0.2, 0.25) is 5.89 Å². The Morgan fingerprint density at radius 2 is 2.31 bits per heavy atom. The summed E-state index contributed by atoms with van der Waals surface area (Å²) in [5.41, 5.74) is 0. The van der Waals surface area contributed by atoms with Gasteiger partial charge in [-0.15, -0.1) is 12.4 Å². The van der Waals surface area contributed by atoms with Gasteiger partial charge in [-0.25, -0.2) is 0 Å². The van der Waals surface area contributed by atoms with E-state index in [0.717, 1.165) is 37.0 Å². The molecule has 0 aromatic carbocycles. The van der Waals surface area contributed by atoms with Gasteiger partial charge < -0.3 is 9.42 Å². The van der Waals surface area contributed by atoms with Crippen LogP contribution in [0.3, 0.4) is 0 Å². The van der Waals surface area contributed by atoms with Gasteiger partial charge in [0.1, 0.15) is 0 Å². The van der Waals surface area contributed by atoms with E-state index in [1.54, 1.807) is 0 Å². The van der Waals surface area contributed by atoms with Crippen molar-refractivity contribution in [3.63, 3.8) is 0 Å². The Bertz CT molecular complexity index is 355. The van der Waals surface area contributed by atoms with E-state index in [-0.39, 0.29) is 12.4 Å². The molecular weight excluding hydrogens is 226 g/mol. The van der Waals surface area contributed by atoms with E-state index < -0.39 is 0 Å². The minimum absolute atomic E-state index is 0. The Balaban J connectivity index is 0.000000963. The summed E-state index contributed by atoms with van der Waals surface area (Å²) in [6.45, 7) is 5.75. The standard InChI is InChI=1S/C11H17N3O.ClH/c1-2-3-10-12-11(15-13-10)9-7-14-5-4-8(9)6-14;/h8-9H,2-7H2,1H3;1H. The van der Waals surface area contributed by atoms with Gasteiger partial charge in [-0.1, -0.05) is 12.1 Å². The summed E-state index contributed by atoms with van der Waals surface area (Å²) in [4.78, 5) is 7.00. The first-order valence-corrected chi connectivity index (χ1v) is 5.91. The molecule has 2 aliphatic heterocycles. The Hall–Kier alpha value is -0.610. The fourth-order valence-electron chi connectivity index (χ4n) is 2.81. The lowest BCUT2D eigenvalue weighted by Gasteiger charge is -2.17. The maximum atomic E-state index is 5.37. The zero-order valence-corrected chi connectivity index (χ0v) is 10.4. The van der Waals surface area contributed by atoms with Crippen LogP contribution in [0.4, 0.5) is 0 Å². The largest absolute Gasteiger partial charge is 0.339 e. The molecule has 3 rings (SSSR count). The lowest BCUT2D eigenvalue weighted by molar-refractivity contribution is 0.288. The van der Waals surface area contributed by atoms with Crippen LogP contribution in [0.5, 0.6) is 0 Å². The number of piperidine rings is 1. The van der Waals surface area contributed by atoms with Crippen LogP contribution in [0.2, 0.25) is 0 Å². The van der Waals surface area contributed by atoms with Crippen molar-refractivity contribution in [1.29, 1.82) is 0 Å². The van der Waals surface area contributed by atoms with Crippen molar-refractivity contribution in [3.05, 3.63) is 11.7 Å². The van der Waals surface area contributed by atoms with Crippen LogP contribution in [0.15, 0.2) is 4.52 Å². The van der Waals surface area contributed by atoms with Crippen LogP contribution >= 0.6 is 12.4 Å². The molecule has 3 atom stereocenters. The Kier molecular flexibility index (Phi) is 3.50. The molecule has 1 aromatic rings. The number of aromatic nitrogens is 2. The average molecular weight is 244 g/mol. The van der Waals surface area contributed by atoms with Crippen molar-refractivity contribution >= 4 is 12.4 Å². The molecule has 0 amide bonds. The highest BCUT2D eigenvalue weighted by molar-refractivity contribution is 5.85. The summed E-state index contributed by atoms with van der Waals surface area (Å²) in [6.07, 6.45) is 3.32. The van der Waals surface area contributed by atoms with E-state index in [4.69, 9.17) is 4.52 Å². The van der Waals surface area contributed by atoms with Crippen molar-refractivity contribution in [2.24, 2.45) is 5.92 Å². The first-order chi connectivity index (χ1) is 7.36. The predicted molar refractivity (Wildman–Crippen MR) is 62.8 cm³/mol. The summed E-state index contributed by atoms with van der Waals surface area (Å²) in [6, 6.07) is 0. The fourth-order valence-corrected chi connectivity index (χ4v) is 2.81. The van der Waals surface area contributed by atoms with Gasteiger partial charge in [0.25, 0.3) is 0 Å². The molecule has 1 aromatic heterocycles. The molecule has 4 nitrogen and oxygen atoms in total. The fraction of sp³-hybridized carbons (Fsp3) is 0.818. The minimum Gasteiger partial charge on any atom is -0.339 e. The summed E-state index contributed by atoms with van der Waals surface area (Å²) >= 11 is 0. The third kappa shape index (κ3) is 1.96. The molecule has 2 bridgehead atoms. The smallest absolute Gasteiger partial charge is 0.231 e. The topological polar surface area (TPSA) is 42.2 Å². The van der Waals surface area contributed by atoms with E-state index in [2.05, 4.69) is 22.0 Å². The molecule has 5 heteroatoms. The second kappa shape index (κ2) is 4.72. The molecule has 0 saturated carbocycles. The molecule has 2 fully saturated rings. The number of fused-ring (bicyclic) bond motifs is 2. The van der Waals surface area contributed by atoms with E-state index in [9.17, 15) is 0 Å². The van der Waals surface area contributed by atoms with Gasteiger partial charge >= 0.3 is 0 Å². The summed E-state index contributed by atoms with van der Waals surface area (Å²) < 4.78 is 5.37. The van der Waals surface area contributed by atoms with Gasteiger partial charge in [0.15, 0.2) is 5.82 Å². The van der Waals surface area contributed by atoms with Crippen LogP contribution in [0, 0.1) is 5.92 Å². The molecule has 3 unspecified atom stereocenters. The van der Waals surface area contributed by atoms with Gasteiger partial charge in [-0.05, 0) is 25.3 Å². The quantitative estimate of drug-likeness (QED) is 0.813. The number of hydrogen-bond acceptors (Lipinski definition) is 4. The van der Waals surface area contributed by atoms with Gasteiger partial charge in [-0.3, -0.25) is 0 Å². The van der Waals surface area contributed by atoms with Crippen molar-refractivity contribution in [2.75, 3.05) is 19.6 Å². The zero-order valence-electron chi connectivity index (χ0n) is 9.56. The van der Waals surface area contributed by atoms with E-state index >= 15 is 0 Å². The van der Waals surface area contributed by atoms with Crippen molar-refractivity contribution in [2.45, 2.75) is 32.1 Å². The lowest BCUT2D eigenvalue weighted by Crippen LogP contribution is -2.22. The first kappa shape index (κ1) is 11.9. The van der Waals surface area contributed by atoms with Crippen molar-refractivity contribution in [1.82, 2.24) is 15.0 Å². The second-order valence-corrected chi connectivity index (χ2v) is 4.71. The second-order valence-electron chi connectivity index (χ2n) is 4.71. The highest BCUT2D eigenvalue weighted by Gasteiger charge is 2.41. The van der Waals surface area contributed by atoms with Crippen molar-refractivity contribution < 1.29 is 4.52 Å². The van der Waals surface area contributed by atoms with Gasteiger partial charge in [0.05, 0.1) is 5.92 Å². The number of nitrogens with zero attached hydrogens (tertiary/aromatic N) is 3. The maximum absolute atomic E-state index is 5.37. The number of hydrogen-bond donors (Lipinski definition) is 0. The third-order valence-corrected chi connectivity index (χ3v) is 3.61. The normalized spacial score (nSPS) is 31.7. The SMILES string of the molecule is CCCc1noc(C2CN3CCC2C3)n1.Cl. The molecule has 2 saturated heterocycles. The van der Waals surface area contributed by atoms with Crippen LogP contribution in [-0.4, -0.2) is 34.7 Å². The number of halogens is 1. The molecule has 0 spiro atoms. The minimum atomic E-state index is 0. The summed E-state index contributed by atoms with van der Waals surface area (Å²) in [7, 11) is 0. The molecule has 2 aliphatic rings. The molecule has 0 N–H and O–H groups in total. The van der Waals surface area contributed by atoms with Crippen LogP contribution in [0.1, 0.15) is 37.4 Å². The van der Waals surface area contributed by atoms with E-state index in [1.165, 1.54) is 19.5 Å². The Labute approximate surface area is 102 Å². The monoisotopic (exact) mass is 243 g/mol. The highest BCUT2D eigenvalue weighted by Crippen LogP contribution is 2.38. The Morgan fingerprint density at radius 1 is 1.44 bits per heavy atom. The summed E-state index contributed by atoms with van der Waals surface area (Å²) in [5.74, 6) is 3.03. The molecule has 16 heavy (non-hydrogen) atoms. The van der Waals surface area contributed by atoms with Crippen molar-refractivity contribution in [3.8, 4) is 0 Å². The van der Waals surface area contributed by atoms with E-state index in [1.807, 2.05) is 0 Å². The molecule has 0 aliphatic carbocycles. The lowest BCUT2D eigenvalue weighted by atomic mass is 9.93. The van der Waals surface area contributed by atoms with Crippen LogP contribution in [-0.2, 0) is 6.42 Å². The summed E-state index contributed by atoms with van der Waals surface area (Å²) in [5, 5.41) is 4.03.